The quantitative estimate of drug-likeness (QED) is 0.768. The highest BCUT2D eigenvalue weighted by Gasteiger charge is 2.40. The molecular weight excluding hydrogens is 266 g/mol. The average Bonchev–Trinajstić information content (AvgIpc) is 2.34. The fourth-order valence-electron chi connectivity index (χ4n) is 2.12. The molecule has 1 amide bonds. The van der Waals surface area contributed by atoms with Gasteiger partial charge in [0.1, 0.15) is 11.6 Å². The third-order valence-corrected chi connectivity index (χ3v) is 3.05. The minimum absolute atomic E-state index is 0.0429. The first-order chi connectivity index (χ1) is 9.15. The molecule has 0 aliphatic carbocycles. The fraction of sp³-hybridized carbons (Fsp3) is 0.769. The molecule has 0 aromatic heterocycles. The second kappa shape index (κ2) is 6.11. The van der Waals surface area contributed by atoms with Crippen molar-refractivity contribution in [1.82, 2.24) is 4.90 Å². The smallest absolute Gasteiger partial charge is 0.411 e. The summed E-state index contributed by atoms with van der Waals surface area (Å²) in [6.45, 7) is 5.29. The number of piperidine rings is 1. The van der Waals surface area contributed by atoms with Gasteiger partial charge in [-0.15, -0.1) is 0 Å². The van der Waals surface area contributed by atoms with Crippen LogP contribution in [-0.4, -0.2) is 53.3 Å². The Kier molecular flexibility index (Phi) is 4.97. The number of rotatable bonds is 2. The molecule has 20 heavy (non-hydrogen) atoms. The number of esters is 1. The van der Waals surface area contributed by atoms with Crippen molar-refractivity contribution in [1.29, 1.82) is 0 Å². The zero-order chi connectivity index (χ0) is 15.5. The van der Waals surface area contributed by atoms with Crippen LogP contribution < -0.4 is 0 Å². The lowest BCUT2D eigenvalue weighted by molar-refractivity contribution is -0.152. The van der Waals surface area contributed by atoms with E-state index in [1.807, 2.05) is 0 Å². The van der Waals surface area contributed by atoms with Crippen LogP contribution >= 0.6 is 0 Å². The van der Waals surface area contributed by atoms with Crippen LogP contribution in [0.2, 0.25) is 0 Å². The number of ether oxygens (including phenoxy) is 2. The Morgan fingerprint density at radius 3 is 2.30 bits per heavy atom. The molecular formula is C13H21NO6. The summed E-state index contributed by atoms with van der Waals surface area (Å²) in [7, 11) is 1.26. The van der Waals surface area contributed by atoms with Crippen molar-refractivity contribution < 1.29 is 29.0 Å². The summed E-state index contributed by atoms with van der Waals surface area (Å²) in [5.41, 5.74) is -0.695. The maximum absolute atomic E-state index is 12.0. The van der Waals surface area contributed by atoms with E-state index in [1.54, 1.807) is 20.8 Å². The summed E-state index contributed by atoms with van der Waals surface area (Å²) < 4.78 is 9.81. The Labute approximate surface area is 117 Å². The molecule has 2 atom stereocenters. The number of carbonyl (C=O) groups is 3. The van der Waals surface area contributed by atoms with E-state index in [-0.39, 0.29) is 13.0 Å². The van der Waals surface area contributed by atoms with Crippen molar-refractivity contribution in [2.75, 3.05) is 13.7 Å². The lowest BCUT2D eigenvalue weighted by atomic mass is 9.91. The number of likely N-dealkylation sites (tertiary alicyclic amines) is 1. The van der Waals surface area contributed by atoms with Gasteiger partial charge in [0.15, 0.2) is 0 Å². The van der Waals surface area contributed by atoms with Gasteiger partial charge in [0.2, 0.25) is 0 Å². The minimum Gasteiger partial charge on any atom is -0.480 e. The SMILES string of the molecule is COC(=O)[C@@H]1CCN(C(=O)OC(C)(C)C)[C@@H](C(=O)O)C1. The van der Waals surface area contributed by atoms with Gasteiger partial charge in [-0.05, 0) is 33.6 Å². The predicted molar refractivity (Wildman–Crippen MR) is 69.1 cm³/mol. The first kappa shape index (κ1) is 16.3. The van der Waals surface area contributed by atoms with Crippen LogP contribution in [0.25, 0.3) is 0 Å². The van der Waals surface area contributed by atoms with E-state index in [0.717, 1.165) is 4.90 Å². The van der Waals surface area contributed by atoms with Gasteiger partial charge in [-0.25, -0.2) is 9.59 Å². The molecule has 0 radical (unpaired) electrons. The van der Waals surface area contributed by atoms with E-state index in [1.165, 1.54) is 7.11 Å². The number of nitrogens with zero attached hydrogens (tertiary/aromatic N) is 1. The van der Waals surface area contributed by atoms with Crippen molar-refractivity contribution in [3.8, 4) is 0 Å². The zero-order valence-corrected chi connectivity index (χ0v) is 12.2. The maximum Gasteiger partial charge on any atom is 0.411 e. The third-order valence-electron chi connectivity index (χ3n) is 3.05. The van der Waals surface area contributed by atoms with Crippen LogP contribution in [-0.2, 0) is 19.1 Å². The highest BCUT2D eigenvalue weighted by Crippen LogP contribution is 2.26. The lowest BCUT2D eigenvalue weighted by Gasteiger charge is -2.36. The van der Waals surface area contributed by atoms with Crippen LogP contribution in [0.5, 0.6) is 0 Å². The van der Waals surface area contributed by atoms with Gasteiger partial charge in [0.05, 0.1) is 13.0 Å². The molecule has 0 aromatic carbocycles. The van der Waals surface area contributed by atoms with E-state index in [4.69, 9.17) is 4.74 Å². The number of methoxy groups -OCH3 is 1. The number of aliphatic carboxylic acids is 1. The van der Waals surface area contributed by atoms with Gasteiger partial charge in [-0.2, -0.15) is 0 Å². The number of hydrogen-bond acceptors (Lipinski definition) is 5. The molecule has 0 aromatic rings. The Bertz CT molecular complexity index is 400. The standard InChI is InChI=1S/C13H21NO6/c1-13(2,3)20-12(18)14-6-5-8(11(17)19-4)7-9(14)10(15)16/h8-9H,5-7H2,1-4H3,(H,15,16)/t8-,9-/m1/s1. The van der Waals surface area contributed by atoms with Crippen molar-refractivity contribution in [2.24, 2.45) is 5.92 Å². The predicted octanol–water partition coefficient (Wildman–Crippen LogP) is 1.26. The average molecular weight is 287 g/mol. The van der Waals surface area contributed by atoms with Gasteiger partial charge in [0.25, 0.3) is 0 Å². The second-order valence-electron chi connectivity index (χ2n) is 5.77. The Morgan fingerprint density at radius 1 is 1.25 bits per heavy atom. The van der Waals surface area contributed by atoms with Gasteiger partial charge in [0, 0.05) is 6.54 Å². The lowest BCUT2D eigenvalue weighted by Crippen LogP contribution is -2.52. The first-order valence-corrected chi connectivity index (χ1v) is 6.46. The van der Waals surface area contributed by atoms with Crippen molar-refractivity contribution in [2.45, 2.75) is 45.3 Å². The summed E-state index contributed by atoms with van der Waals surface area (Å²) in [5.74, 6) is -2.09. The number of amides is 1. The van der Waals surface area contributed by atoms with Crippen molar-refractivity contribution in [3.05, 3.63) is 0 Å². The summed E-state index contributed by atoms with van der Waals surface area (Å²) in [6.07, 6.45) is -0.259. The Balaban J connectivity index is 2.80. The van der Waals surface area contributed by atoms with Gasteiger partial charge >= 0.3 is 18.0 Å². The molecule has 0 spiro atoms. The van der Waals surface area contributed by atoms with Gasteiger partial charge in [-0.3, -0.25) is 9.69 Å². The van der Waals surface area contributed by atoms with Crippen molar-refractivity contribution in [3.63, 3.8) is 0 Å². The molecule has 114 valence electrons. The number of carbonyl (C=O) groups excluding carboxylic acids is 2. The highest BCUT2D eigenvalue weighted by atomic mass is 16.6. The van der Waals surface area contributed by atoms with E-state index >= 15 is 0 Å². The van der Waals surface area contributed by atoms with Gasteiger partial charge in [-0.1, -0.05) is 0 Å². The number of hydrogen-bond donors (Lipinski definition) is 1. The van der Waals surface area contributed by atoms with Crippen LogP contribution in [0.15, 0.2) is 0 Å². The van der Waals surface area contributed by atoms with Crippen molar-refractivity contribution >= 4 is 18.0 Å². The number of carboxylic acids is 1. The fourth-order valence-corrected chi connectivity index (χ4v) is 2.12. The molecule has 0 bridgehead atoms. The molecule has 1 fully saturated rings. The molecule has 1 N–H and O–H groups in total. The Hall–Kier alpha value is -1.79. The maximum atomic E-state index is 12.0. The highest BCUT2D eigenvalue weighted by molar-refractivity contribution is 5.82. The van der Waals surface area contributed by atoms with Gasteiger partial charge < -0.3 is 14.6 Å². The zero-order valence-electron chi connectivity index (χ0n) is 12.2. The summed E-state index contributed by atoms with van der Waals surface area (Å²) in [4.78, 5) is 35.9. The molecule has 1 rings (SSSR count). The molecule has 1 saturated heterocycles. The Morgan fingerprint density at radius 2 is 1.85 bits per heavy atom. The van der Waals surface area contributed by atoms with Crippen LogP contribution in [0.4, 0.5) is 4.79 Å². The van der Waals surface area contributed by atoms with Crippen LogP contribution in [0.3, 0.4) is 0 Å². The van der Waals surface area contributed by atoms with E-state index in [2.05, 4.69) is 4.74 Å². The molecule has 1 aliphatic heterocycles. The topological polar surface area (TPSA) is 93.1 Å². The summed E-state index contributed by atoms with van der Waals surface area (Å²) in [6, 6.07) is -1.07. The van der Waals surface area contributed by atoms with Crippen LogP contribution in [0, 0.1) is 5.92 Å². The van der Waals surface area contributed by atoms with Crippen LogP contribution in [0.1, 0.15) is 33.6 Å². The number of carboxylic acid groups (broad SMARTS) is 1. The normalized spacial score (nSPS) is 23.1. The van der Waals surface area contributed by atoms with E-state index < -0.39 is 35.6 Å². The first-order valence-electron chi connectivity index (χ1n) is 6.46. The minimum atomic E-state index is -1.15. The molecule has 0 saturated carbocycles. The molecule has 7 nitrogen and oxygen atoms in total. The monoisotopic (exact) mass is 287 g/mol. The second-order valence-corrected chi connectivity index (χ2v) is 5.77. The molecule has 1 heterocycles. The van der Waals surface area contributed by atoms with E-state index in [9.17, 15) is 19.5 Å². The summed E-state index contributed by atoms with van der Waals surface area (Å²) in [5, 5.41) is 9.23. The molecule has 0 unspecified atom stereocenters. The molecule has 7 heteroatoms. The summed E-state index contributed by atoms with van der Waals surface area (Å²) >= 11 is 0. The molecule has 1 aliphatic rings. The third kappa shape index (κ3) is 4.11. The van der Waals surface area contributed by atoms with E-state index in [0.29, 0.717) is 6.42 Å². The largest absolute Gasteiger partial charge is 0.480 e.